The monoisotopic (exact) mass is 252 g/mol. The molecule has 2 aromatic rings. The van der Waals surface area contributed by atoms with Crippen molar-refractivity contribution >= 4 is 10.8 Å². The molecule has 0 bridgehead atoms. The highest BCUT2D eigenvalue weighted by Gasteiger charge is 2.21. The fraction of sp³-hybridized carbons (Fsp3) is 0.353. The number of nitrogens with one attached hydrogen (secondary N) is 1. The third kappa shape index (κ3) is 3.13. The number of nitriles is 1. The Labute approximate surface area is 115 Å². The van der Waals surface area contributed by atoms with Gasteiger partial charge in [-0.3, -0.25) is 0 Å². The topological polar surface area (TPSA) is 35.8 Å². The van der Waals surface area contributed by atoms with Crippen LogP contribution in [0.15, 0.2) is 42.5 Å². The highest BCUT2D eigenvalue weighted by atomic mass is 14.9. The summed E-state index contributed by atoms with van der Waals surface area (Å²) in [6, 6.07) is 17.1. The molecule has 0 heterocycles. The molecule has 0 spiro atoms. The maximum absolute atomic E-state index is 8.83. The molecule has 0 saturated heterocycles. The molecule has 1 unspecified atom stereocenters. The first-order valence-electron chi connectivity index (χ1n) is 6.65. The predicted octanol–water partition coefficient (Wildman–Crippen LogP) is 3.62. The van der Waals surface area contributed by atoms with Gasteiger partial charge in [-0.1, -0.05) is 56.3 Å². The normalized spacial score (nSPS) is 13.2. The van der Waals surface area contributed by atoms with Crippen LogP contribution in [-0.2, 0) is 5.41 Å². The van der Waals surface area contributed by atoms with Crippen molar-refractivity contribution in [1.82, 2.24) is 5.32 Å². The van der Waals surface area contributed by atoms with Gasteiger partial charge in [0.1, 0.15) is 0 Å². The molecule has 2 nitrogen and oxygen atoms in total. The Hall–Kier alpha value is -1.85. The zero-order valence-electron chi connectivity index (χ0n) is 11.8. The fourth-order valence-corrected chi connectivity index (χ4v) is 2.17. The molecule has 1 atom stereocenters. The van der Waals surface area contributed by atoms with Crippen LogP contribution in [0.2, 0.25) is 0 Å². The molecule has 0 aromatic heterocycles. The Morgan fingerprint density at radius 2 is 1.84 bits per heavy atom. The van der Waals surface area contributed by atoms with Gasteiger partial charge in [0.2, 0.25) is 0 Å². The predicted molar refractivity (Wildman–Crippen MR) is 80.1 cm³/mol. The van der Waals surface area contributed by atoms with Crippen molar-refractivity contribution in [3.63, 3.8) is 0 Å². The molecule has 0 saturated carbocycles. The van der Waals surface area contributed by atoms with Crippen LogP contribution in [0.3, 0.4) is 0 Å². The molecule has 0 aliphatic carbocycles. The van der Waals surface area contributed by atoms with Gasteiger partial charge in [0, 0.05) is 12.0 Å². The van der Waals surface area contributed by atoms with Crippen molar-refractivity contribution in [2.45, 2.75) is 32.2 Å². The summed E-state index contributed by atoms with van der Waals surface area (Å²) < 4.78 is 0. The average molecular weight is 252 g/mol. The van der Waals surface area contributed by atoms with E-state index in [-0.39, 0.29) is 11.5 Å². The number of nitrogens with zero attached hydrogens (tertiary/aromatic N) is 1. The molecular weight excluding hydrogens is 232 g/mol. The average Bonchev–Trinajstić information content (AvgIpc) is 2.44. The van der Waals surface area contributed by atoms with Gasteiger partial charge in [0.05, 0.1) is 12.1 Å². The van der Waals surface area contributed by atoms with Crippen LogP contribution in [0.5, 0.6) is 0 Å². The van der Waals surface area contributed by atoms with Gasteiger partial charge in [0.15, 0.2) is 0 Å². The summed E-state index contributed by atoms with van der Waals surface area (Å²) in [5.74, 6) is 0. The Balaban J connectivity index is 2.24. The Kier molecular flexibility index (Phi) is 3.87. The summed E-state index contributed by atoms with van der Waals surface area (Å²) in [6.45, 7) is 7.08. The number of fused-ring (bicyclic) bond motifs is 1. The van der Waals surface area contributed by atoms with E-state index in [1.165, 1.54) is 16.3 Å². The molecule has 0 amide bonds. The molecule has 0 aliphatic rings. The molecule has 0 aliphatic heterocycles. The minimum absolute atomic E-state index is 0.00907. The van der Waals surface area contributed by atoms with Crippen molar-refractivity contribution < 1.29 is 0 Å². The lowest BCUT2D eigenvalue weighted by Gasteiger charge is -2.27. The van der Waals surface area contributed by atoms with Gasteiger partial charge < -0.3 is 5.32 Å². The van der Waals surface area contributed by atoms with Crippen LogP contribution in [-0.4, -0.2) is 12.6 Å². The molecule has 1 N–H and O–H groups in total. The second-order valence-corrected chi connectivity index (χ2v) is 5.68. The molecule has 2 aromatic carbocycles. The van der Waals surface area contributed by atoms with Crippen LogP contribution in [0.25, 0.3) is 10.8 Å². The van der Waals surface area contributed by atoms with Crippen molar-refractivity contribution in [3.05, 3.63) is 48.0 Å². The number of hydrogen-bond acceptors (Lipinski definition) is 2. The number of hydrogen-bond donors (Lipinski definition) is 1. The third-order valence-corrected chi connectivity index (χ3v) is 3.57. The Morgan fingerprint density at radius 3 is 2.53 bits per heavy atom. The first kappa shape index (κ1) is 13.6. The summed E-state index contributed by atoms with van der Waals surface area (Å²) >= 11 is 0. The summed E-state index contributed by atoms with van der Waals surface area (Å²) in [7, 11) is 0. The molecule has 98 valence electrons. The standard InChI is InChI=1S/C17H20N2/c1-13(11-18)19-12-17(2,3)16-9-8-14-6-4-5-7-15(14)10-16/h4-10,13,19H,12H2,1-3H3. The van der Waals surface area contributed by atoms with E-state index in [0.717, 1.165) is 6.54 Å². The minimum Gasteiger partial charge on any atom is -0.301 e. The summed E-state index contributed by atoms with van der Waals surface area (Å²) in [5, 5.41) is 14.6. The maximum Gasteiger partial charge on any atom is 0.0924 e. The minimum atomic E-state index is -0.111. The molecular formula is C17H20N2. The zero-order chi connectivity index (χ0) is 13.9. The highest BCUT2D eigenvalue weighted by Crippen LogP contribution is 2.26. The van der Waals surface area contributed by atoms with Crippen molar-refractivity contribution in [2.24, 2.45) is 0 Å². The van der Waals surface area contributed by atoms with Crippen LogP contribution < -0.4 is 5.32 Å². The van der Waals surface area contributed by atoms with Crippen LogP contribution in [0, 0.1) is 11.3 Å². The molecule has 19 heavy (non-hydrogen) atoms. The van der Waals surface area contributed by atoms with Crippen LogP contribution >= 0.6 is 0 Å². The van der Waals surface area contributed by atoms with Crippen LogP contribution in [0.1, 0.15) is 26.3 Å². The van der Waals surface area contributed by atoms with E-state index in [2.05, 4.69) is 67.7 Å². The Morgan fingerprint density at radius 1 is 1.16 bits per heavy atom. The van der Waals surface area contributed by atoms with E-state index in [1.54, 1.807) is 0 Å². The lowest BCUT2D eigenvalue weighted by atomic mass is 9.83. The van der Waals surface area contributed by atoms with Crippen molar-refractivity contribution in [1.29, 1.82) is 5.26 Å². The SMILES string of the molecule is CC(C#N)NCC(C)(C)c1ccc2ccccc2c1. The summed E-state index contributed by atoms with van der Waals surface area (Å²) in [4.78, 5) is 0. The number of benzene rings is 2. The van der Waals surface area contributed by atoms with Gasteiger partial charge in [-0.2, -0.15) is 5.26 Å². The fourth-order valence-electron chi connectivity index (χ4n) is 2.17. The quantitative estimate of drug-likeness (QED) is 0.902. The van der Waals surface area contributed by atoms with Gasteiger partial charge in [-0.25, -0.2) is 0 Å². The maximum atomic E-state index is 8.83. The largest absolute Gasteiger partial charge is 0.301 e. The van der Waals surface area contributed by atoms with Crippen LogP contribution in [0.4, 0.5) is 0 Å². The molecule has 2 heteroatoms. The van der Waals surface area contributed by atoms with E-state index in [9.17, 15) is 0 Å². The van der Waals surface area contributed by atoms with Gasteiger partial charge in [0.25, 0.3) is 0 Å². The highest BCUT2D eigenvalue weighted by molar-refractivity contribution is 5.83. The van der Waals surface area contributed by atoms with Gasteiger partial charge >= 0.3 is 0 Å². The first-order chi connectivity index (χ1) is 9.03. The lowest BCUT2D eigenvalue weighted by molar-refractivity contribution is 0.457. The summed E-state index contributed by atoms with van der Waals surface area (Å²) in [5.41, 5.74) is 1.30. The van der Waals surface area contributed by atoms with Gasteiger partial charge in [-0.15, -0.1) is 0 Å². The van der Waals surface area contributed by atoms with Gasteiger partial charge in [-0.05, 0) is 23.3 Å². The van der Waals surface area contributed by atoms with E-state index in [1.807, 2.05) is 6.92 Å². The van der Waals surface area contributed by atoms with E-state index in [4.69, 9.17) is 5.26 Å². The number of rotatable bonds is 4. The molecule has 0 radical (unpaired) electrons. The summed E-state index contributed by atoms with van der Waals surface area (Å²) in [6.07, 6.45) is 0. The third-order valence-electron chi connectivity index (χ3n) is 3.57. The first-order valence-corrected chi connectivity index (χ1v) is 6.65. The lowest BCUT2D eigenvalue weighted by Crippen LogP contribution is -2.37. The zero-order valence-corrected chi connectivity index (χ0v) is 11.8. The van der Waals surface area contributed by atoms with E-state index < -0.39 is 0 Å². The molecule has 2 rings (SSSR count). The Bertz CT molecular complexity index is 608. The molecule has 0 fully saturated rings. The van der Waals surface area contributed by atoms with Crippen molar-refractivity contribution in [2.75, 3.05) is 6.54 Å². The second-order valence-electron chi connectivity index (χ2n) is 5.68. The second kappa shape index (κ2) is 5.42. The smallest absolute Gasteiger partial charge is 0.0924 e. The van der Waals surface area contributed by atoms with E-state index in [0.29, 0.717) is 0 Å². The van der Waals surface area contributed by atoms with E-state index >= 15 is 0 Å². The van der Waals surface area contributed by atoms with Crippen molar-refractivity contribution in [3.8, 4) is 6.07 Å².